The molecule has 0 atom stereocenters. The molecule has 0 spiro atoms. The van der Waals surface area contributed by atoms with Gasteiger partial charge < -0.3 is 15.8 Å². The maximum atomic E-state index is 12.4. The summed E-state index contributed by atoms with van der Waals surface area (Å²) in [6.45, 7) is 0. The first-order valence-corrected chi connectivity index (χ1v) is 7.30. The van der Waals surface area contributed by atoms with Crippen LogP contribution in [0.25, 0.3) is 0 Å². The molecule has 6 heteroatoms. The van der Waals surface area contributed by atoms with E-state index in [1.807, 2.05) is 6.07 Å². The van der Waals surface area contributed by atoms with Crippen molar-refractivity contribution >= 4 is 49.1 Å². The molecule has 104 valence electrons. The summed E-state index contributed by atoms with van der Waals surface area (Å²) in [6, 6.07) is 10.6. The second-order valence-corrected chi connectivity index (χ2v) is 5.78. The highest BCUT2D eigenvalue weighted by Gasteiger charge is 2.17. The zero-order valence-electron chi connectivity index (χ0n) is 10.6. The summed E-state index contributed by atoms with van der Waals surface area (Å²) in [7, 11) is 1.52. The van der Waals surface area contributed by atoms with E-state index in [1.165, 1.54) is 7.11 Å². The second kappa shape index (κ2) is 6.28. The van der Waals surface area contributed by atoms with E-state index in [1.54, 1.807) is 30.3 Å². The first-order valence-electron chi connectivity index (χ1n) is 5.72. The first kappa shape index (κ1) is 14.9. The van der Waals surface area contributed by atoms with Gasteiger partial charge >= 0.3 is 0 Å². The van der Waals surface area contributed by atoms with Gasteiger partial charge in [-0.1, -0.05) is 28.1 Å². The minimum absolute atomic E-state index is 0.290. The van der Waals surface area contributed by atoms with Crippen LogP contribution in [-0.4, -0.2) is 13.0 Å². The fraction of sp³-hybridized carbons (Fsp3) is 0.0714. The number of nitrogen functional groups attached to an aromatic ring is 1. The van der Waals surface area contributed by atoms with Crippen LogP contribution < -0.4 is 15.8 Å². The number of carbonyl (C=O) groups excluding carboxylic acids is 1. The van der Waals surface area contributed by atoms with Crippen molar-refractivity contribution < 1.29 is 9.53 Å². The number of nitrogens with two attached hydrogens (primary N) is 1. The topological polar surface area (TPSA) is 64.3 Å². The third kappa shape index (κ3) is 3.13. The third-order valence-corrected chi connectivity index (χ3v) is 3.71. The lowest BCUT2D eigenvalue weighted by atomic mass is 10.1. The summed E-state index contributed by atoms with van der Waals surface area (Å²) >= 11 is 6.72. The molecule has 0 aliphatic rings. The van der Waals surface area contributed by atoms with Crippen molar-refractivity contribution in [3.05, 3.63) is 50.9 Å². The largest absolute Gasteiger partial charge is 0.495 e. The number of benzene rings is 2. The Morgan fingerprint density at radius 3 is 2.60 bits per heavy atom. The number of carbonyl (C=O) groups is 1. The average Bonchev–Trinajstić information content (AvgIpc) is 2.40. The molecule has 1 amide bonds. The molecule has 0 radical (unpaired) electrons. The molecule has 0 fully saturated rings. The predicted octanol–water partition coefficient (Wildman–Crippen LogP) is 4.05. The number of halogens is 2. The number of hydrogen-bond acceptors (Lipinski definition) is 3. The molecule has 3 N–H and O–H groups in total. The number of nitrogens with one attached hydrogen (secondary N) is 1. The summed E-state index contributed by atoms with van der Waals surface area (Å²) in [4.78, 5) is 12.4. The highest BCUT2D eigenvalue weighted by Crippen LogP contribution is 2.33. The Bertz CT molecular complexity index is 660. The summed E-state index contributed by atoms with van der Waals surface area (Å²) < 4.78 is 6.73. The van der Waals surface area contributed by atoms with Crippen LogP contribution in [0.4, 0.5) is 11.4 Å². The number of rotatable bonds is 3. The zero-order chi connectivity index (χ0) is 14.7. The van der Waals surface area contributed by atoms with Crippen molar-refractivity contribution in [2.24, 2.45) is 0 Å². The predicted molar refractivity (Wildman–Crippen MR) is 87.2 cm³/mol. The van der Waals surface area contributed by atoms with E-state index < -0.39 is 0 Å². The molecular formula is C14H12Br2N2O2. The van der Waals surface area contributed by atoms with E-state index in [4.69, 9.17) is 10.5 Å². The normalized spacial score (nSPS) is 10.2. The van der Waals surface area contributed by atoms with Crippen molar-refractivity contribution in [3.63, 3.8) is 0 Å². The molecule has 0 bridgehead atoms. The smallest absolute Gasteiger partial charge is 0.259 e. The van der Waals surface area contributed by atoms with Gasteiger partial charge in [0, 0.05) is 4.47 Å². The Kier molecular flexibility index (Phi) is 4.67. The van der Waals surface area contributed by atoms with Gasteiger partial charge in [-0.15, -0.1) is 0 Å². The molecule has 0 heterocycles. The van der Waals surface area contributed by atoms with Crippen LogP contribution in [0, 0.1) is 0 Å². The van der Waals surface area contributed by atoms with E-state index in [0.29, 0.717) is 27.2 Å². The van der Waals surface area contributed by atoms with Gasteiger partial charge in [-0.2, -0.15) is 0 Å². The van der Waals surface area contributed by atoms with Crippen LogP contribution in [0.2, 0.25) is 0 Å². The molecule has 4 nitrogen and oxygen atoms in total. The third-order valence-electron chi connectivity index (χ3n) is 2.67. The highest BCUT2D eigenvalue weighted by molar-refractivity contribution is 9.11. The first-order chi connectivity index (χ1) is 9.52. The maximum absolute atomic E-state index is 12.4. The van der Waals surface area contributed by atoms with Crippen LogP contribution >= 0.6 is 31.9 Å². The molecular weight excluding hydrogens is 388 g/mol. The van der Waals surface area contributed by atoms with Crippen molar-refractivity contribution in [2.45, 2.75) is 0 Å². The average molecular weight is 400 g/mol. The highest BCUT2D eigenvalue weighted by atomic mass is 79.9. The summed E-state index contributed by atoms with van der Waals surface area (Å²) in [5.74, 6) is 0.182. The van der Waals surface area contributed by atoms with Crippen LogP contribution in [-0.2, 0) is 0 Å². The summed E-state index contributed by atoms with van der Waals surface area (Å²) in [5.41, 5.74) is 7.30. The zero-order valence-corrected chi connectivity index (χ0v) is 13.8. The van der Waals surface area contributed by atoms with Crippen LogP contribution in [0.3, 0.4) is 0 Å². The van der Waals surface area contributed by atoms with Gasteiger partial charge in [-0.25, -0.2) is 0 Å². The lowest BCUT2D eigenvalue weighted by Gasteiger charge is -2.12. The van der Waals surface area contributed by atoms with E-state index >= 15 is 0 Å². The van der Waals surface area contributed by atoms with Gasteiger partial charge in [0.05, 0.1) is 28.5 Å². The molecule has 0 aromatic heterocycles. The Hall–Kier alpha value is -1.53. The molecule has 0 aliphatic heterocycles. The Morgan fingerprint density at radius 1 is 1.25 bits per heavy atom. The molecule has 0 saturated carbocycles. The minimum atomic E-state index is -0.290. The van der Waals surface area contributed by atoms with Gasteiger partial charge in [0.15, 0.2) is 0 Å². The van der Waals surface area contributed by atoms with E-state index in [9.17, 15) is 4.79 Å². The fourth-order valence-corrected chi connectivity index (χ4v) is 3.12. The molecule has 2 rings (SSSR count). The Morgan fingerprint density at radius 2 is 1.95 bits per heavy atom. The minimum Gasteiger partial charge on any atom is -0.495 e. The number of ether oxygens (including phenoxy) is 1. The fourth-order valence-electron chi connectivity index (χ4n) is 1.74. The van der Waals surface area contributed by atoms with Gasteiger partial charge in [0.25, 0.3) is 5.91 Å². The Labute approximate surface area is 133 Å². The van der Waals surface area contributed by atoms with E-state index in [0.717, 1.165) is 4.47 Å². The number of amides is 1. The molecule has 0 saturated heterocycles. The SMILES string of the molecule is COc1c(Br)cc(Br)cc1C(=O)Nc1ccccc1N. The van der Waals surface area contributed by atoms with Crippen molar-refractivity contribution in [1.29, 1.82) is 0 Å². The second-order valence-electron chi connectivity index (χ2n) is 4.01. The summed E-state index contributed by atoms with van der Waals surface area (Å²) in [5, 5.41) is 2.77. The van der Waals surface area contributed by atoms with Crippen LogP contribution in [0.15, 0.2) is 45.3 Å². The number of methoxy groups -OCH3 is 1. The van der Waals surface area contributed by atoms with Crippen molar-refractivity contribution in [1.82, 2.24) is 0 Å². The standard InChI is InChI=1S/C14H12Br2N2O2/c1-20-13-9(6-8(15)7-10(13)16)14(19)18-12-5-3-2-4-11(12)17/h2-7H,17H2,1H3,(H,18,19). The molecule has 2 aromatic carbocycles. The molecule has 20 heavy (non-hydrogen) atoms. The maximum Gasteiger partial charge on any atom is 0.259 e. The number of anilines is 2. The van der Waals surface area contributed by atoms with Gasteiger partial charge in [-0.3, -0.25) is 4.79 Å². The Balaban J connectivity index is 2.37. The summed E-state index contributed by atoms with van der Waals surface area (Å²) in [6.07, 6.45) is 0. The monoisotopic (exact) mass is 398 g/mol. The van der Waals surface area contributed by atoms with Crippen LogP contribution in [0.5, 0.6) is 5.75 Å². The number of para-hydroxylation sites is 2. The van der Waals surface area contributed by atoms with Gasteiger partial charge in [-0.05, 0) is 40.2 Å². The molecule has 2 aromatic rings. The van der Waals surface area contributed by atoms with Gasteiger partial charge in [0.2, 0.25) is 0 Å². The lowest BCUT2D eigenvalue weighted by Crippen LogP contribution is -2.14. The number of hydrogen-bond donors (Lipinski definition) is 2. The lowest BCUT2D eigenvalue weighted by molar-refractivity contribution is 0.102. The quantitative estimate of drug-likeness (QED) is 0.765. The van der Waals surface area contributed by atoms with Crippen molar-refractivity contribution in [3.8, 4) is 5.75 Å². The molecule has 0 unspecified atom stereocenters. The van der Waals surface area contributed by atoms with Crippen LogP contribution in [0.1, 0.15) is 10.4 Å². The molecule has 0 aliphatic carbocycles. The van der Waals surface area contributed by atoms with Gasteiger partial charge in [0.1, 0.15) is 5.75 Å². The van der Waals surface area contributed by atoms with E-state index in [-0.39, 0.29) is 5.91 Å². The van der Waals surface area contributed by atoms with Crippen molar-refractivity contribution in [2.75, 3.05) is 18.2 Å². The van der Waals surface area contributed by atoms with E-state index in [2.05, 4.69) is 37.2 Å².